The number of halogens is 1. The minimum absolute atomic E-state index is 0.110. The third-order valence-corrected chi connectivity index (χ3v) is 3.14. The summed E-state index contributed by atoms with van der Waals surface area (Å²) in [6.07, 6.45) is 7.72. The second kappa shape index (κ2) is 7.78. The third kappa shape index (κ3) is 4.42. The predicted molar refractivity (Wildman–Crippen MR) is 75.7 cm³/mol. The summed E-state index contributed by atoms with van der Waals surface area (Å²) in [5, 5.41) is 2.86. The summed E-state index contributed by atoms with van der Waals surface area (Å²) >= 11 is 3.35. The molecule has 0 aliphatic heterocycles. The maximum Gasteiger partial charge on any atom is 0.252 e. The Bertz CT molecular complexity index is 452. The van der Waals surface area contributed by atoms with Crippen molar-refractivity contribution < 1.29 is 9.53 Å². The fourth-order valence-corrected chi connectivity index (χ4v) is 1.88. The SMILES string of the molecule is C#CCCCCNC(=O)c1cc(OC)ccc1Br. The van der Waals surface area contributed by atoms with Crippen LogP contribution in [0.15, 0.2) is 22.7 Å². The average Bonchev–Trinajstić information content (AvgIpc) is 2.39. The molecule has 1 aromatic carbocycles. The molecule has 0 saturated heterocycles. The zero-order valence-electron chi connectivity index (χ0n) is 10.3. The highest BCUT2D eigenvalue weighted by atomic mass is 79.9. The molecular weight excluding hydrogens is 294 g/mol. The van der Waals surface area contributed by atoms with Gasteiger partial charge < -0.3 is 10.1 Å². The van der Waals surface area contributed by atoms with Gasteiger partial charge in [-0.15, -0.1) is 12.3 Å². The molecule has 0 radical (unpaired) electrons. The minimum Gasteiger partial charge on any atom is -0.497 e. The number of carbonyl (C=O) groups excluding carboxylic acids is 1. The number of methoxy groups -OCH3 is 1. The highest BCUT2D eigenvalue weighted by Gasteiger charge is 2.10. The van der Waals surface area contributed by atoms with E-state index in [-0.39, 0.29) is 5.91 Å². The van der Waals surface area contributed by atoms with Gasteiger partial charge in [-0.3, -0.25) is 4.79 Å². The number of benzene rings is 1. The van der Waals surface area contributed by atoms with Crippen molar-refractivity contribution in [2.75, 3.05) is 13.7 Å². The second-order valence-corrected chi connectivity index (χ2v) is 4.62. The highest BCUT2D eigenvalue weighted by molar-refractivity contribution is 9.10. The van der Waals surface area contributed by atoms with Gasteiger partial charge in [-0.2, -0.15) is 0 Å². The van der Waals surface area contributed by atoms with Crippen LogP contribution in [0.25, 0.3) is 0 Å². The molecule has 96 valence electrons. The van der Waals surface area contributed by atoms with Crippen molar-refractivity contribution in [1.29, 1.82) is 0 Å². The first-order chi connectivity index (χ1) is 8.69. The van der Waals surface area contributed by atoms with Crippen molar-refractivity contribution >= 4 is 21.8 Å². The Labute approximate surface area is 116 Å². The molecule has 1 aromatic rings. The van der Waals surface area contributed by atoms with E-state index in [0.717, 1.165) is 23.7 Å². The van der Waals surface area contributed by atoms with E-state index in [9.17, 15) is 4.79 Å². The number of carbonyl (C=O) groups is 1. The van der Waals surface area contributed by atoms with Gasteiger partial charge in [0, 0.05) is 17.4 Å². The predicted octanol–water partition coefficient (Wildman–Crippen LogP) is 2.99. The van der Waals surface area contributed by atoms with Crippen LogP contribution in [-0.4, -0.2) is 19.6 Å². The van der Waals surface area contributed by atoms with Gasteiger partial charge in [-0.05, 0) is 47.0 Å². The van der Waals surface area contributed by atoms with Gasteiger partial charge in [0.1, 0.15) is 5.75 Å². The molecule has 0 aliphatic rings. The molecule has 0 spiro atoms. The molecule has 0 aromatic heterocycles. The van der Waals surface area contributed by atoms with Gasteiger partial charge in [-0.25, -0.2) is 0 Å². The van der Waals surface area contributed by atoms with E-state index in [1.54, 1.807) is 25.3 Å². The second-order valence-electron chi connectivity index (χ2n) is 3.76. The molecule has 18 heavy (non-hydrogen) atoms. The molecule has 0 fully saturated rings. The van der Waals surface area contributed by atoms with Crippen molar-refractivity contribution in [1.82, 2.24) is 5.32 Å². The lowest BCUT2D eigenvalue weighted by Crippen LogP contribution is -2.24. The summed E-state index contributed by atoms with van der Waals surface area (Å²) in [7, 11) is 1.57. The number of unbranched alkanes of at least 4 members (excludes halogenated alkanes) is 2. The molecule has 0 saturated carbocycles. The number of amides is 1. The number of hydrogen-bond donors (Lipinski definition) is 1. The van der Waals surface area contributed by atoms with Gasteiger partial charge in [0.25, 0.3) is 5.91 Å². The van der Waals surface area contributed by atoms with Crippen LogP contribution in [-0.2, 0) is 0 Å². The molecule has 1 amide bonds. The van der Waals surface area contributed by atoms with Crippen LogP contribution in [0.3, 0.4) is 0 Å². The smallest absolute Gasteiger partial charge is 0.252 e. The van der Waals surface area contributed by atoms with E-state index in [0.29, 0.717) is 17.9 Å². The van der Waals surface area contributed by atoms with E-state index in [2.05, 4.69) is 27.2 Å². The Hall–Kier alpha value is -1.47. The van der Waals surface area contributed by atoms with Crippen molar-refractivity contribution in [3.05, 3.63) is 28.2 Å². The number of rotatable bonds is 6. The number of nitrogens with one attached hydrogen (secondary N) is 1. The summed E-state index contributed by atoms with van der Waals surface area (Å²) in [5.74, 6) is 3.13. The normalized spacial score (nSPS) is 9.61. The maximum absolute atomic E-state index is 11.9. The molecule has 0 heterocycles. The lowest BCUT2D eigenvalue weighted by molar-refractivity contribution is 0.0952. The Kier molecular flexibility index (Phi) is 6.31. The molecule has 0 atom stereocenters. The van der Waals surface area contributed by atoms with Crippen LogP contribution in [0.2, 0.25) is 0 Å². The van der Waals surface area contributed by atoms with Gasteiger partial charge in [0.2, 0.25) is 0 Å². The molecule has 4 heteroatoms. The zero-order chi connectivity index (χ0) is 13.4. The molecule has 0 aliphatic carbocycles. The quantitative estimate of drug-likeness (QED) is 0.648. The lowest BCUT2D eigenvalue weighted by Gasteiger charge is -2.08. The standard InChI is InChI=1S/C14H16BrNO2/c1-3-4-5-6-9-16-14(17)12-10-11(18-2)7-8-13(12)15/h1,7-8,10H,4-6,9H2,2H3,(H,16,17). The molecule has 1 N–H and O–H groups in total. The summed E-state index contributed by atoms with van der Waals surface area (Å²) in [6.45, 7) is 0.629. The summed E-state index contributed by atoms with van der Waals surface area (Å²) in [5.41, 5.74) is 0.575. The van der Waals surface area contributed by atoms with Crippen LogP contribution >= 0.6 is 15.9 Å². The van der Waals surface area contributed by atoms with E-state index < -0.39 is 0 Å². The summed E-state index contributed by atoms with van der Waals surface area (Å²) in [6, 6.07) is 5.31. The molecule has 1 rings (SSSR count). The minimum atomic E-state index is -0.110. The molecular formula is C14H16BrNO2. The molecule has 3 nitrogen and oxygen atoms in total. The van der Waals surface area contributed by atoms with E-state index in [1.165, 1.54) is 0 Å². The van der Waals surface area contributed by atoms with Crippen LogP contribution < -0.4 is 10.1 Å². The maximum atomic E-state index is 11.9. The monoisotopic (exact) mass is 309 g/mol. The third-order valence-electron chi connectivity index (χ3n) is 2.45. The van der Waals surface area contributed by atoms with Crippen LogP contribution in [0.1, 0.15) is 29.6 Å². The van der Waals surface area contributed by atoms with Crippen LogP contribution in [0.5, 0.6) is 5.75 Å². The van der Waals surface area contributed by atoms with E-state index in [1.807, 2.05) is 0 Å². The van der Waals surface area contributed by atoms with Crippen molar-refractivity contribution in [2.45, 2.75) is 19.3 Å². The summed E-state index contributed by atoms with van der Waals surface area (Å²) < 4.78 is 5.85. The fourth-order valence-electron chi connectivity index (χ4n) is 1.45. The lowest BCUT2D eigenvalue weighted by atomic mass is 10.2. The van der Waals surface area contributed by atoms with Crippen LogP contribution in [0.4, 0.5) is 0 Å². The topological polar surface area (TPSA) is 38.3 Å². The number of ether oxygens (including phenoxy) is 1. The Morgan fingerprint density at radius 1 is 1.50 bits per heavy atom. The Balaban J connectivity index is 2.53. The Morgan fingerprint density at radius 2 is 2.28 bits per heavy atom. The van der Waals surface area contributed by atoms with Gasteiger partial charge >= 0.3 is 0 Å². The van der Waals surface area contributed by atoms with Gasteiger partial charge in [-0.1, -0.05) is 0 Å². The Morgan fingerprint density at radius 3 is 2.94 bits per heavy atom. The highest BCUT2D eigenvalue weighted by Crippen LogP contribution is 2.22. The first-order valence-corrected chi connectivity index (χ1v) is 6.53. The number of hydrogen-bond acceptors (Lipinski definition) is 2. The van der Waals surface area contributed by atoms with Crippen molar-refractivity contribution in [3.8, 4) is 18.1 Å². The largest absolute Gasteiger partial charge is 0.497 e. The summed E-state index contributed by atoms with van der Waals surface area (Å²) in [4.78, 5) is 11.9. The number of terminal acetylenes is 1. The van der Waals surface area contributed by atoms with Gasteiger partial charge in [0.15, 0.2) is 0 Å². The van der Waals surface area contributed by atoms with Crippen LogP contribution in [0, 0.1) is 12.3 Å². The first-order valence-electron chi connectivity index (χ1n) is 5.74. The van der Waals surface area contributed by atoms with Crippen molar-refractivity contribution in [3.63, 3.8) is 0 Å². The molecule has 0 bridgehead atoms. The first kappa shape index (κ1) is 14.6. The fraction of sp³-hybridized carbons (Fsp3) is 0.357. The molecule has 0 unspecified atom stereocenters. The van der Waals surface area contributed by atoms with Crippen molar-refractivity contribution in [2.24, 2.45) is 0 Å². The van der Waals surface area contributed by atoms with E-state index in [4.69, 9.17) is 11.2 Å². The average molecular weight is 310 g/mol. The zero-order valence-corrected chi connectivity index (χ0v) is 11.9. The van der Waals surface area contributed by atoms with E-state index >= 15 is 0 Å². The van der Waals surface area contributed by atoms with Gasteiger partial charge in [0.05, 0.1) is 12.7 Å².